The standard InChI is InChI=1S/C22H24F3N3O2.HI/c1-15(19-14-18(29-3)10-11-20(19)30-4)28-21(26-2)27-12-6-8-16-7-5-9-17(13-16)22(23,24)25;/h5,7,9-11,13-15H,12H2,1-4H3,(H2,26,27,28);1H. The SMILES string of the molecule is CN=C(NCC#Cc1cccc(C(F)(F)F)c1)NC(C)c1cc(OC)ccc1OC.I. The molecule has 0 aliphatic rings. The van der Waals surface area contributed by atoms with Gasteiger partial charge in [0.05, 0.1) is 32.4 Å². The second-order valence-corrected chi connectivity index (χ2v) is 6.28. The van der Waals surface area contributed by atoms with E-state index >= 15 is 0 Å². The van der Waals surface area contributed by atoms with Crippen LogP contribution in [-0.2, 0) is 6.18 Å². The molecule has 0 heterocycles. The van der Waals surface area contributed by atoms with Gasteiger partial charge < -0.3 is 20.1 Å². The highest BCUT2D eigenvalue weighted by Crippen LogP contribution is 2.30. The van der Waals surface area contributed by atoms with Gasteiger partial charge in [0.25, 0.3) is 0 Å². The first-order valence-electron chi connectivity index (χ1n) is 9.13. The molecule has 0 aromatic heterocycles. The Morgan fingerprint density at radius 1 is 1.13 bits per heavy atom. The van der Waals surface area contributed by atoms with Crippen LogP contribution < -0.4 is 20.1 Å². The third kappa shape index (κ3) is 7.86. The van der Waals surface area contributed by atoms with E-state index in [2.05, 4.69) is 27.5 Å². The minimum atomic E-state index is -4.39. The average Bonchev–Trinajstić information content (AvgIpc) is 2.74. The summed E-state index contributed by atoms with van der Waals surface area (Å²) in [5.41, 5.74) is 0.458. The summed E-state index contributed by atoms with van der Waals surface area (Å²) in [6, 6.07) is 10.3. The first kappa shape index (κ1) is 26.4. The molecular weight excluding hydrogens is 522 g/mol. The van der Waals surface area contributed by atoms with E-state index in [0.29, 0.717) is 23.0 Å². The monoisotopic (exact) mass is 547 g/mol. The molecule has 0 fully saturated rings. The largest absolute Gasteiger partial charge is 0.497 e. The Hall–Kier alpha value is -2.61. The van der Waals surface area contributed by atoms with Gasteiger partial charge in [0.1, 0.15) is 11.5 Å². The average molecular weight is 547 g/mol. The van der Waals surface area contributed by atoms with Crippen molar-refractivity contribution in [3.8, 4) is 23.3 Å². The Kier molecular flexibility index (Phi) is 10.5. The van der Waals surface area contributed by atoms with Gasteiger partial charge in [-0.15, -0.1) is 24.0 Å². The van der Waals surface area contributed by atoms with Crippen LogP contribution in [-0.4, -0.2) is 33.8 Å². The summed E-state index contributed by atoms with van der Waals surface area (Å²) in [5, 5.41) is 6.25. The van der Waals surface area contributed by atoms with Crippen molar-refractivity contribution in [3.63, 3.8) is 0 Å². The highest BCUT2D eigenvalue weighted by Gasteiger charge is 2.30. The summed E-state index contributed by atoms with van der Waals surface area (Å²) in [4.78, 5) is 4.15. The van der Waals surface area contributed by atoms with E-state index in [-0.39, 0.29) is 36.6 Å². The minimum absolute atomic E-state index is 0. The van der Waals surface area contributed by atoms with Gasteiger partial charge in [0.2, 0.25) is 0 Å². The molecule has 0 spiro atoms. The Morgan fingerprint density at radius 2 is 1.87 bits per heavy atom. The molecule has 0 bridgehead atoms. The van der Waals surface area contributed by atoms with Crippen LogP contribution >= 0.6 is 24.0 Å². The number of ether oxygens (including phenoxy) is 2. The Bertz CT molecular complexity index is 953. The Balaban J connectivity index is 0.00000480. The number of halogens is 4. The molecule has 0 saturated heterocycles. The summed E-state index contributed by atoms with van der Waals surface area (Å²) in [6.07, 6.45) is -4.39. The van der Waals surface area contributed by atoms with Crippen molar-refractivity contribution in [2.24, 2.45) is 4.99 Å². The molecule has 0 radical (unpaired) electrons. The van der Waals surface area contributed by atoms with Gasteiger partial charge in [-0.05, 0) is 43.3 Å². The molecule has 2 aromatic carbocycles. The third-order valence-electron chi connectivity index (χ3n) is 4.25. The van der Waals surface area contributed by atoms with Crippen molar-refractivity contribution in [1.82, 2.24) is 10.6 Å². The van der Waals surface area contributed by atoms with Crippen molar-refractivity contribution >= 4 is 29.9 Å². The van der Waals surface area contributed by atoms with E-state index in [0.717, 1.165) is 17.7 Å². The molecule has 31 heavy (non-hydrogen) atoms. The van der Waals surface area contributed by atoms with Crippen LogP contribution in [0.5, 0.6) is 11.5 Å². The molecule has 5 nitrogen and oxygen atoms in total. The first-order valence-corrected chi connectivity index (χ1v) is 9.13. The van der Waals surface area contributed by atoms with E-state index in [9.17, 15) is 13.2 Å². The fraction of sp³-hybridized carbons (Fsp3) is 0.318. The zero-order chi connectivity index (χ0) is 22.1. The summed E-state index contributed by atoms with van der Waals surface area (Å²) >= 11 is 0. The number of nitrogens with one attached hydrogen (secondary N) is 2. The van der Waals surface area contributed by atoms with Crippen LogP contribution in [0.1, 0.15) is 29.7 Å². The zero-order valence-corrected chi connectivity index (χ0v) is 20.0. The lowest BCUT2D eigenvalue weighted by Gasteiger charge is -2.20. The van der Waals surface area contributed by atoms with Gasteiger partial charge in [-0.3, -0.25) is 4.99 Å². The van der Waals surface area contributed by atoms with Crippen LogP contribution in [0.25, 0.3) is 0 Å². The zero-order valence-electron chi connectivity index (χ0n) is 17.6. The van der Waals surface area contributed by atoms with Crippen molar-refractivity contribution < 1.29 is 22.6 Å². The fourth-order valence-electron chi connectivity index (χ4n) is 2.70. The van der Waals surface area contributed by atoms with Crippen molar-refractivity contribution in [3.05, 3.63) is 59.2 Å². The molecule has 2 N–H and O–H groups in total. The molecule has 2 aromatic rings. The number of hydrogen-bond donors (Lipinski definition) is 2. The maximum atomic E-state index is 12.8. The molecule has 1 unspecified atom stereocenters. The van der Waals surface area contributed by atoms with Crippen LogP contribution in [0.2, 0.25) is 0 Å². The van der Waals surface area contributed by atoms with Gasteiger partial charge in [-0.25, -0.2) is 0 Å². The van der Waals surface area contributed by atoms with Crippen molar-refractivity contribution in [1.29, 1.82) is 0 Å². The molecule has 2 rings (SSSR count). The highest BCUT2D eigenvalue weighted by atomic mass is 127. The number of guanidine groups is 1. The lowest BCUT2D eigenvalue weighted by atomic mass is 10.1. The Morgan fingerprint density at radius 3 is 2.48 bits per heavy atom. The van der Waals surface area contributed by atoms with Gasteiger partial charge in [-0.2, -0.15) is 13.2 Å². The second kappa shape index (κ2) is 12.3. The number of alkyl halides is 3. The van der Waals surface area contributed by atoms with E-state index in [1.807, 2.05) is 25.1 Å². The highest BCUT2D eigenvalue weighted by molar-refractivity contribution is 14.0. The van der Waals surface area contributed by atoms with Crippen LogP contribution in [0, 0.1) is 11.8 Å². The second-order valence-electron chi connectivity index (χ2n) is 6.28. The maximum Gasteiger partial charge on any atom is 0.416 e. The third-order valence-corrected chi connectivity index (χ3v) is 4.25. The summed E-state index contributed by atoms with van der Waals surface area (Å²) in [6.45, 7) is 2.15. The molecule has 0 amide bonds. The molecule has 0 saturated carbocycles. The van der Waals surface area contributed by atoms with Gasteiger partial charge >= 0.3 is 6.18 Å². The predicted molar refractivity (Wildman–Crippen MR) is 126 cm³/mol. The van der Waals surface area contributed by atoms with E-state index in [1.165, 1.54) is 12.1 Å². The smallest absolute Gasteiger partial charge is 0.416 e. The number of aliphatic imine (C=N–C) groups is 1. The topological polar surface area (TPSA) is 54.9 Å². The Labute approximate surface area is 197 Å². The van der Waals surface area contributed by atoms with E-state index in [4.69, 9.17) is 9.47 Å². The van der Waals surface area contributed by atoms with Crippen molar-refractivity contribution in [2.45, 2.75) is 19.1 Å². The lowest BCUT2D eigenvalue weighted by molar-refractivity contribution is -0.137. The van der Waals surface area contributed by atoms with Crippen molar-refractivity contribution in [2.75, 3.05) is 27.8 Å². The summed E-state index contributed by atoms with van der Waals surface area (Å²) in [7, 11) is 4.80. The number of methoxy groups -OCH3 is 2. The fourth-order valence-corrected chi connectivity index (χ4v) is 2.70. The lowest BCUT2D eigenvalue weighted by Crippen LogP contribution is -2.38. The number of benzene rings is 2. The molecule has 0 aliphatic heterocycles. The quantitative estimate of drug-likeness (QED) is 0.249. The molecule has 168 valence electrons. The normalized spacial score (nSPS) is 12.0. The molecule has 9 heteroatoms. The summed E-state index contributed by atoms with van der Waals surface area (Å²) in [5.74, 6) is 7.43. The van der Waals surface area contributed by atoms with Crippen LogP contribution in [0.4, 0.5) is 13.2 Å². The number of hydrogen-bond acceptors (Lipinski definition) is 3. The predicted octanol–water partition coefficient (Wildman–Crippen LogP) is 4.62. The number of rotatable bonds is 5. The molecule has 0 aliphatic carbocycles. The van der Waals surface area contributed by atoms with E-state index in [1.54, 1.807) is 21.3 Å². The molecular formula is C22H25F3IN3O2. The van der Waals surface area contributed by atoms with E-state index < -0.39 is 11.7 Å². The maximum absolute atomic E-state index is 12.8. The minimum Gasteiger partial charge on any atom is -0.497 e. The van der Waals surface area contributed by atoms with Crippen LogP contribution in [0.3, 0.4) is 0 Å². The summed E-state index contributed by atoms with van der Waals surface area (Å²) < 4.78 is 49.0. The van der Waals surface area contributed by atoms with Gasteiger partial charge in [0.15, 0.2) is 5.96 Å². The van der Waals surface area contributed by atoms with Crippen LogP contribution in [0.15, 0.2) is 47.5 Å². The molecule has 1 atom stereocenters. The number of nitrogens with zero attached hydrogens (tertiary/aromatic N) is 1. The van der Waals surface area contributed by atoms with Gasteiger partial charge in [-0.1, -0.05) is 17.9 Å². The van der Waals surface area contributed by atoms with Gasteiger partial charge in [0, 0.05) is 18.2 Å². The first-order chi connectivity index (χ1) is 14.3.